The maximum Gasteiger partial charge on any atom is 0.0937 e. The van der Waals surface area contributed by atoms with E-state index in [0.29, 0.717) is 5.92 Å². The molecule has 3 aromatic rings. The molecule has 1 saturated heterocycles. The predicted octanol–water partition coefficient (Wildman–Crippen LogP) is 6.71. The summed E-state index contributed by atoms with van der Waals surface area (Å²) in [5.74, 6) is 0.484. The zero-order valence-electron chi connectivity index (χ0n) is 21.0. The molecule has 2 heterocycles. The predicted molar refractivity (Wildman–Crippen MR) is 143 cm³/mol. The highest BCUT2D eigenvalue weighted by Gasteiger charge is 2.31. The van der Waals surface area contributed by atoms with Crippen LogP contribution >= 0.6 is 0 Å². The van der Waals surface area contributed by atoms with Crippen molar-refractivity contribution in [3.63, 3.8) is 0 Å². The Balaban J connectivity index is 1.36. The second-order valence-electron chi connectivity index (χ2n) is 10.3. The summed E-state index contributed by atoms with van der Waals surface area (Å²) >= 11 is 0. The van der Waals surface area contributed by atoms with Crippen LogP contribution in [0.2, 0.25) is 0 Å². The van der Waals surface area contributed by atoms with Gasteiger partial charge in [0.25, 0.3) is 0 Å². The van der Waals surface area contributed by atoms with Crippen molar-refractivity contribution < 1.29 is 0 Å². The number of rotatable bonds is 9. The molecule has 0 spiro atoms. The second-order valence-corrected chi connectivity index (χ2v) is 10.3. The fourth-order valence-electron chi connectivity index (χ4n) is 5.02. The minimum absolute atomic E-state index is 0.0228. The fraction of sp³-hybridized carbons (Fsp3) is 0.387. The molecule has 3 heteroatoms. The van der Waals surface area contributed by atoms with E-state index in [2.05, 4.69) is 109 Å². The quantitative estimate of drug-likeness (QED) is 0.390. The van der Waals surface area contributed by atoms with E-state index in [9.17, 15) is 0 Å². The van der Waals surface area contributed by atoms with Gasteiger partial charge < -0.3 is 5.32 Å². The lowest BCUT2D eigenvalue weighted by Crippen LogP contribution is -2.49. The number of nitrogens with one attached hydrogen (secondary N) is 1. The Labute approximate surface area is 205 Å². The summed E-state index contributed by atoms with van der Waals surface area (Å²) in [7, 11) is 0. The van der Waals surface area contributed by atoms with Crippen LogP contribution in [0.25, 0.3) is 0 Å². The van der Waals surface area contributed by atoms with Crippen molar-refractivity contribution in [2.75, 3.05) is 13.1 Å². The van der Waals surface area contributed by atoms with Gasteiger partial charge in [0.15, 0.2) is 0 Å². The van der Waals surface area contributed by atoms with Gasteiger partial charge in [-0.1, -0.05) is 72.8 Å². The molecule has 178 valence electrons. The molecule has 34 heavy (non-hydrogen) atoms. The average Bonchev–Trinajstić information content (AvgIpc) is 2.88. The third-order valence-corrected chi connectivity index (χ3v) is 7.44. The normalized spacial score (nSPS) is 16.2. The lowest BCUT2D eigenvalue weighted by atomic mass is 9.87. The highest BCUT2D eigenvalue weighted by molar-refractivity contribution is 5.31. The Bertz CT molecular complexity index is 1030. The summed E-state index contributed by atoms with van der Waals surface area (Å²) in [6.07, 6.45) is 6.46. The van der Waals surface area contributed by atoms with Gasteiger partial charge in [0.2, 0.25) is 0 Å². The highest BCUT2D eigenvalue weighted by atomic mass is 15.2. The standard InChI is InChI=1S/C31H39N3/c1-24-13-15-28(16-14-24)30(29-12-8-9-21-32-29)33-25(2)27-18-22-34(23-19-27)31(3,4)20-17-26-10-6-5-7-11-26/h5-16,21,27,30,33H,2,17-20,22-23H2,1,3-4H3. The van der Waals surface area contributed by atoms with Gasteiger partial charge in [0.1, 0.15) is 0 Å². The van der Waals surface area contributed by atoms with Gasteiger partial charge >= 0.3 is 0 Å². The minimum Gasteiger partial charge on any atom is -0.376 e. The molecule has 1 N–H and O–H groups in total. The molecule has 3 nitrogen and oxygen atoms in total. The van der Waals surface area contributed by atoms with E-state index in [1.807, 2.05) is 12.3 Å². The number of aromatic nitrogens is 1. The van der Waals surface area contributed by atoms with Crippen LogP contribution in [0.5, 0.6) is 0 Å². The third kappa shape index (κ3) is 6.15. The zero-order chi connectivity index (χ0) is 24.0. The maximum absolute atomic E-state index is 4.65. The summed E-state index contributed by atoms with van der Waals surface area (Å²) in [5, 5.41) is 3.76. The molecule has 1 aromatic heterocycles. The maximum atomic E-state index is 4.65. The molecule has 4 rings (SSSR count). The Morgan fingerprint density at radius 2 is 1.68 bits per heavy atom. The van der Waals surface area contributed by atoms with Crippen molar-refractivity contribution in [1.29, 1.82) is 0 Å². The van der Waals surface area contributed by atoms with Crippen molar-refractivity contribution in [2.24, 2.45) is 5.92 Å². The zero-order valence-corrected chi connectivity index (χ0v) is 21.0. The topological polar surface area (TPSA) is 28.2 Å². The van der Waals surface area contributed by atoms with Crippen LogP contribution in [0.15, 0.2) is 91.3 Å². The molecule has 1 aliphatic rings. The largest absolute Gasteiger partial charge is 0.376 e. The molecule has 0 radical (unpaired) electrons. The van der Waals surface area contributed by atoms with Gasteiger partial charge in [-0.3, -0.25) is 9.88 Å². The van der Waals surface area contributed by atoms with E-state index in [-0.39, 0.29) is 11.6 Å². The molecular formula is C31H39N3. The van der Waals surface area contributed by atoms with Gasteiger partial charge in [-0.2, -0.15) is 0 Å². The molecule has 1 fully saturated rings. The fourth-order valence-corrected chi connectivity index (χ4v) is 5.02. The van der Waals surface area contributed by atoms with Gasteiger partial charge in [0, 0.05) is 23.4 Å². The Morgan fingerprint density at radius 1 is 1.00 bits per heavy atom. The lowest BCUT2D eigenvalue weighted by Gasteiger charge is -2.44. The van der Waals surface area contributed by atoms with E-state index in [1.165, 1.54) is 23.1 Å². The second kappa shape index (κ2) is 11.0. The summed E-state index contributed by atoms with van der Waals surface area (Å²) in [5.41, 5.74) is 6.30. The molecule has 1 aliphatic heterocycles. The van der Waals surface area contributed by atoms with Crippen LogP contribution in [0.4, 0.5) is 0 Å². The van der Waals surface area contributed by atoms with E-state index in [0.717, 1.165) is 43.7 Å². The van der Waals surface area contributed by atoms with Crippen molar-refractivity contribution in [3.05, 3.63) is 114 Å². The van der Waals surface area contributed by atoms with Crippen LogP contribution in [0.3, 0.4) is 0 Å². The van der Waals surface area contributed by atoms with Gasteiger partial charge in [-0.25, -0.2) is 0 Å². The van der Waals surface area contributed by atoms with Crippen LogP contribution in [-0.4, -0.2) is 28.5 Å². The molecule has 0 amide bonds. The summed E-state index contributed by atoms with van der Waals surface area (Å²) in [4.78, 5) is 7.33. The number of allylic oxidation sites excluding steroid dienone is 1. The third-order valence-electron chi connectivity index (χ3n) is 7.44. The summed E-state index contributed by atoms with van der Waals surface area (Å²) in [6.45, 7) is 13.7. The number of hydrogen-bond acceptors (Lipinski definition) is 3. The summed E-state index contributed by atoms with van der Waals surface area (Å²) in [6, 6.07) is 25.8. The smallest absolute Gasteiger partial charge is 0.0937 e. The van der Waals surface area contributed by atoms with E-state index >= 15 is 0 Å². The molecule has 0 saturated carbocycles. The number of benzene rings is 2. The number of piperidine rings is 1. The van der Waals surface area contributed by atoms with Gasteiger partial charge in [0.05, 0.1) is 11.7 Å². The number of likely N-dealkylation sites (tertiary alicyclic amines) is 1. The first-order valence-corrected chi connectivity index (χ1v) is 12.6. The molecule has 0 aliphatic carbocycles. The molecule has 2 aromatic carbocycles. The Kier molecular flexibility index (Phi) is 7.84. The van der Waals surface area contributed by atoms with Crippen molar-refractivity contribution >= 4 is 0 Å². The number of hydrogen-bond donors (Lipinski definition) is 1. The highest BCUT2D eigenvalue weighted by Crippen LogP contribution is 2.31. The van der Waals surface area contributed by atoms with Crippen LogP contribution in [-0.2, 0) is 6.42 Å². The van der Waals surface area contributed by atoms with Crippen molar-refractivity contribution in [1.82, 2.24) is 15.2 Å². The summed E-state index contributed by atoms with van der Waals surface area (Å²) < 4.78 is 0. The van der Waals surface area contributed by atoms with E-state index in [1.54, 1.807) is 0 Å². The minimum atomic E-state index is 0.0228. The van der Waals surface area contributed by atoms with Crippen LogP contribution in [0.1, 0.15) is 61.5 Å². The van der Waals surface area contributed by atoms with Crippen LogP contribution in [0, 0.1) is 12.8 Å². The number of aryl methyl sites for hydroxylation is 2. The van der Waals surface area contributed by atoms with Crippen LogP contribution < -0.4 is 5.32 Å². The van der Waals surface area contributed by atoms with E-state index < -0.39 is 0 Å². The lowest BCUT2D eigenvalue weighted by molar-refractivity contribution is 0.0736. The molecule has 1 atom stereocenters. The Hall–Kier alpha value is -2.91. The SMILES string of the molecule is C=C(NC(c1ccc(C)cc1)c1ccccn1)C1CCN(C(C)(C)CCc2ccccc2)CC1. The molecule has 0 bridgehead atoms. The van der Waals surface area contributed by atoms with E-state index in [4.69, 9.17) is 0 Å². The first-order valence-electron chi connectivity index (χ1n) is 12.6. The first-order chi connectivity index (χ1) is 16.4. The molecular weight excluding hydrogens is 414 g/mol. The monoisotopic (exact) mass is 453 g/mol. The first kappa shape index (κ1) is 24.2. The van der Waals surface area contributed by atoms with Gasteiger partial charge in [-0.05, 0) is 82.8 Å². The number of pyridine rings is 1. The van der Waals surface area contributed by atoms with Gasteiger partial charge in [-0.15, -0.1) is 0 Å². The van der Waals surface area contributed by atoms with Crippen molar-refractivity contribution in [2.45, 2.75) is 58.0 Å². The Morgan fingerprint density at radius 3 is 2.32 bits per heavy atom. The average molecular weight is 454 g/mol. The van der Waals surface area contributed by atoms with Crippen molar-refractivity contribution in [3.8, 4) is 0 Å². The molecule has 1 unspecified atom stereocenters. The number of nitrogens with zero attached hydrogens (tertiary/aromatic N) is 2.